The van der Waals surface area contributed by atoms with Gasteiger partial charge < -0.3 is 10.3 Å². The predicted octanol–water partition coefficient (Wildman–Crippen LogP) is 2.32. The van der Waals surface area contributed by atoms with Gasteiger partial charge in [0.25, 0.3) is 0 Å². The fraction of sp³-hybridized carbons (Fsp3) is 0.467. The molecule has 0 radical (unpaired) electrons. The predicted molar refractivity (Wildman–Crippen MR) is 85.2 cm³/mol. The quantitative estimate of drug-likeness (QED) is 0.887. The zero-order chi connectivity index (χ0) is 14.5. The second-order valence-electron chi connectivity index (χ2n) is 5.26. The molecule has 0 saturated carbocycles. The van der Waals surface area contributed by atoms with Crippen LogP contribution in [0.1, 0.15) is 29.8 Å². The van der Waals surface area contributed by atoms with Crippen molar-refractivity contribution in [3.8, 4) is 0 Å². The fourth-order valence-corrected chi connectivity index (χ4v) is 2.04. The Bertz CT molecular complexity index is 541. The van der Waals surface area contributed by atoms with Crippen LogP contribution < -0.4 is 5.73 Å². The molecule has 1 heterocycles. The highest BCUT2D eigenvalue weighted by Gasteiger charge is 2.13. The molecule has 1 aromatic heterocycles. The lowest BCUT2D eigenvalue weighted by molar-refractivity contribution is 0.238. The summed E-state index contributed by atoms with van der Waals surface area (Å²) in [5.41, 5.74) is 8.08. The highest BCUT2D eigenvalue weighted by Crippen LogP contribution is 2.11. The van der Waals surface area contributed by atoms with E-state index < -0.39 is 0 Å². The van der Waals surface area contributed by atoms with Crippen molar-refractivity contribution >= 4 is 12.4 Å². The molecule has 0 spiro atoms. The van der Waals surface area contributed by atoms with Gasteiger partial charge >= 0.3 is 0 Å². The summed E-state index contributed by atoms with van der Waals surface area (Å²) in [5.74, 6) is 1.17. The van der Waals surface area contributed by atoms with Crippen molar-refractivity contribution in [3.05, 3.63) is 47.1 Å². The summed E-state index contributed by atoms with van der Waals surface area (Å²) in [7, 11) is 2.07. The molecular formula is C15H23ClN4O. The van der Waals surface area contributed by atoms with E-state index >= 15 is 0 Å². The highest BCUT2D eigenvalue weighted by atomic mass is 35.5. The van der Waals surface area contributed by atoms with Gasteiger partial charge in [-0.1, -0.05) is 35.0 Å². The lowest BCUT2D eigenvalue weighted by Crippen LogP contribution is -2.30. The second kappa shape index (κ2) is 8.12. The molecule has 2 rings (SSSR count). The van der Waals surface area contributed by atoms with Gasteiger partial charge in [0.1, 0.15) is 0 Å². The average molecular weight is 311 g/mol. The molecule has 6 heteroatoms. The number of hydrogen-bond donors (Lipinski definition) is 1. The Labute approximate surface area is 131 Å². The van der Waals surface area contributed by atoms with E-state index in [1.807, 2.05) is 0 Å². The summed E-state index contributed by atoms with van der Waals surface area (Å²) in [4.78, 5) is 6.44. The Balaban J connectivity index is 0.00000220. The number of likely N-dealkylation sites (N-methyl/N-ethyl adjacent to an activating group) is 1. The fourth-order valence-electron chi connectivity index (χ4n) is 2.04. The molecule has 1 atom stereocenters. The van der Waals surface area contributed by atoms with Crippen LogP contribution in [0, 0.1) is 6.92 Å². The number of halogens is 1. The number of nitrogens with zero attached hydrogens (tertiary/aromatic N) is 3. The van der Waals surface area contributed by atoms with Crippen LogP contribution in [0.4, 0.5) is 0 Å². The van der Waals surface area contributed by atoms with E-state index in [2.05, 4.69) is 60.2 Å². The average Bonchev–Trinajstić information content (AvgIpc) is 2.89. The minimum atomic E-state index is 0. The Kier molecular flexibility index (Phi) is 6.81. The van der Waals surface area contributed by atoms with Gasteiger partial charge in [-0.2, -0.15) is 4.98 Å². The highest BCUT2D eigenvalue weighted by molar-refractivity contribution is 5.85. The number of aromatic nitrogens is 2. The molecular weight excluding hydrogens is 288 g/mol. The van der Waals surface area contributed by atoms with Crippen LogP contribution in [0.2, 0.25) is 0 Å². The third-order valence-corrected chi connectivity index (χ3v) is 3.48. The number of hydrogen-bond acceptors (Lipinski definition) is 5. The molecule has 21 heavy (non-hydrogen) atoms. The van der Waals surface area contributed by atoms with E-state index in [1.165, 1.54) is 11.1 Å². The standard InChI is InChI=1S/C15H22N4O.ClH/c1-11-4-6-13(7-5-11)8-12(2)19(3)10-14-17-15(9-16)20-18-14;/h4-7,12H,8-10,16H2,1-3H3;1H. The van der Waals surface area contributed by atoms with E-state index in [4.69, 9.17) is 10.3 Å². The monoisotopic (exact) mass is 310 g/mol. The molecule has 0 aliphatic carbocycles. The SMILES string of the molecule is Cc1ccc(CC(C)N(C)Cc2noc(CN)n2)cc1.Cl. The summed E-state index contributed by atoms with van der Waals surface area (Å²) in [6.07, 6.45) is 0.998. The van der Waals surface area contributed by atoms with E-state index in [9.17, 15) is 0 Å². The summed E-state index contributed by atoms with van der Waals surface area (Å²) in [6.45, 7) is 5.25. The van der Waals surface area contributed by atoms with Crippen LogP contribution >= 0.6 is 12.4 Å². The summed E-state index contributed by atoms with van der Waals surface area (Å²) in [5, 5.41) is 3.92. The van der Waals surface area contributed by atoms with E-state index in [-0.39, 0.29) is 19.0 Å². The molecule has 0 fully saturated rings. The zero-order valence-electron chi connectivity index (χ0n) is 12.7. The minimum absolute atomic E-state index is 0. The largest absolute Gasteiger partial charge is 0.338 e. The maximum atomic E-state index is 5.46. The van der Waals surface area contributed by atoms with Crippen molar-refractivity contribution in [2.24, 2.45) is 5.73 Å². The first-order valence-electron chi connectivity index (χ1n) is 6.86. The van der Waals surface area contributed by atoms with Gasteiger partial charge in [0.2, 0.25) is 5.89 Å². The molecule has 0 bridgehead atoms. The Morgan fingerprint density at radius 3 is 2.52 bits per heavy atom. The number of rotatable bonds is 6. The van der Waals surface area contributed by atoms with Gasteiger partial charge in [0, 0.05) is 6.04 Å². The second-order valence-corrected chi connectivity index (χ2v) is 5.26. The van der Waals surface area contributed by atoms with Gasteiger partial charge in [-0.15, -0.1) is 12.4 Å². The third-order valence-electron chi connectivity index (χ3n) is 3.48. The van der Waals surface area contributed by atoms with Crippen LogP contribution in [0.5, 0.6) is 0 Å². The zero-order valence-corrected chi connectivity index (χ0v) is 13.6. The molecule has 2 aromatic rings. The first-order valence-corrected chi connectivity index (χ1v) is 6.86. The first-order chi connectivity index (χ1) is 9.58. The number of aryl methyl sites for hydroxylation is 1. The van der Waals surface area contributed by atoms with E-state index in [1.54, 1.807) is 0 Å². The van der Waals surface area contributed by atoms with Crippen LogP contribution in [0.25, 0.3) is 0 Å². The smallest absolute Gasteiger partial charge is 0.240 e. The molecule has 0 saturated heterocycles. The number of benzene rings is 1. The first kappa shape index (κ1) is 17.6. The lowest BCUT2D eigenvalue weighted by Gasteiger charge is -2.23. The van der Waals surface area contributed by atoms with E-state index in [0.29, 0.717) is 24.3 Å². The third kappa shape index (κ3) is 5.12. The summed E-state index contributed by atoms with van der Waals surface area (Å²) in [6, 6.07) is 9.06. The molecule has 0 amide bonds. The van der Waals surface area contributed by atoms with Crippen molar-refractivity contribution in [2.45, 2.75) is 39.4 Å². The molecule has 0 aliphatic rings. The van der Waals surface area contributed by atoms with Crippen molar-refractivity contribution in [3.63, 3.8) is 0 Å². The maximum absolute atomic E-state index is 5.46. The van der Waals surface area contributed by atoms with Gasteiger partial charge in [-0.05, 0) is 32.9 Å². The van der Waals surface area contributed by atoms with Gasteiger partial charge in [0.15, 0.2) is 5.82 Å². The topological polar surface area (TPSA) is 68.2 Å². The molecule has 116 valence electrons. The summed E-state index contributed by atoms with van der Waals surface area (Å²) >= 11 is 0. The van der Waals surface area contributed by atoms with Crippen LogP contribution in [0.15, 0.2) is 28.8 Å². The van der Waals surface area contributed by atoms with Crippen molar-refractivity contribution < 1.29 is 4.52 Å². The molecule has 1 aromatic carbocycles. The normalized spacial score (nSPS) is 12.2. The van der Waals surface area contributed by atoms with Crippen molar-refractivity contribution in [1.29, 1.82) is 0 Å². The van der Waals surface area contributed by atoms with Crippen molar-refractivity contribution in [2.75, 3.05) is 7.05 Å². The van der Waals surface area contributed by atoms with Crippen molar-refractivity contribution in [1.82, 2.24) is 15.0 Å². The number of nitrogens with two attached hydrogens (primary N) is 1. The molecule has 2 N–H and O–H groups in total. The van der Waals surface area contributed by atoms with Gasteiger partial charge in [0.05, 0.1) is 13.1 Å². The molecule has 5 nitrogen and oxygen atoms in total. The molecule has 1 unspecified atom stereocenters. The van der Waals surface area contributed by atoms with Gasteiger partial charge in [-0.25, -0.2) is 0 Å². The van der Waals surface area contributed by atoms with Crippen LogP contribution in [-0.4, -0.2) is 28.1 Å². The Hall–Kier alpha value is -1.43. The van der Waals surface area contributed by atoms with Crippen LogP contribution in [-0.2, 0) is 19.5 Å². The van der Waals surface area contributed by atoms with E-state index in [0.717, 1.165) is 6.42 Å². The van der Waals surface area contributed by atoms with Crippen LogP contribution in [0.3, 0.4) is 0 Å². The Morgan fingerprint density at radius 1 is 1.29 bits per heavy atom. The maximum Gasteiger partial charge on any atom is 0.240 e. The Morgan fingerprint density at radius 2 is 1.95 bits per heavy atom. The molecule has 0 aliphatic heterocycles. The lowest BCUT2D eigenvalue weighted by atomic mass is 10.0. The minimum Gasteiger partial charge on any atom is -0.338 e. The van der Waals surface area contributed by atoms with Gasteiger partial charge in [-0.3, -0.25) is 4.90 Å². The summed E-state index contributed by atoms with van der Waals surface area (Å²) < 4.78 is 5.01.